The van der Waals surface area contributed by atoms with Crippen LogP contribution in [0.5, 0.6) is 0 Å². The molecule has 6 heteroatoms. The van der Waals surface area contributed by atoms with Crippen molar-refractivity contribution >= 4 is 17.8 Å². The molecule has 0 aromatic carbocycles. The summed E-state index contributed by atoms with van der Waals surface area (Å²) >= 11 is 0. The highest BCUT2D eigenvalue weighted by molar-refractivity contribution is 5.86. The van der Waals surface area contributed by atoms with Crippen LogP contribution in [0, 0.1) is 0 Å². The van der Waals surface area contributed by atoms with Crippen LogP contribution < -0.4 is 5.32 Å². The van der Waals surface area contributed by atoms with E-state index in [9.17, 15) is 14.4 Å². The molecule has 0 aliphatic rings. The van der Waals surface area contributed by atoms with Crippen molar-refractivity contribution in [1.29, 1.82) is 0 Å². The number of hydrogen-bond acceptors (Lipinski definition) is 4. The number of amides is 1. The zero-order valence-electron chi connectivity index (χ0n) is 8.07. The van der Waals surface area contributed by atoms with Gasteiger partial charge in [0.05, 0.1) is 13.5 Å². The number of nitrogens with one attached hydrogen (secondary N) is 1. The SMILES string of the molecule is CCC(=O)N[C@@H](CC(=O)OC)C(=O)O. The van der Waals surface area contributed by atoms with E-state index in [1.807, 2.05) is 0 Å². The lowest BCUT2D eigenvalue weighted by Gasteiger charge is -2.12. The molecule has 0 spiro atoms. The van der Waals surface area contributed by atoms with Gasteiger partial charge in [-0.05, 0) is 0 Å². The summed E-state index contributed by atoms with van der Waals surface area (Å²) in [5, 5.41) is 10.8. The molecule has 1 atom stereocenters. The normalized spacial score (nSPS) is 11.6. The molecule has 2 N–H and O–H groups in total. The molecule has 80 valence electrons. The maximum absolute atomic E-state index is 10.9. The first kappa shape index (κ1) is 12.4. The number of ether oxygens (including phenoxy) is 1. The predicted octanol–water partition coefficient (Wildman–Crippen LogP) is -0.471. The predicted molar refractivity (Wildman–Crippen MR) is 46.5 cm³/mol. The number of esters is 1. The lowest BCUT2D eigenvalue weighted by Crippen LogP contribution is -2.42. The van der Waals surface area contributed by atoms with Crippen molar-refractivity contribution in [2.24, 2.45) is 0 Å². The van der Waals surface area contributed by atoms with Crippen LogP contribution >= 0.6 is 0 Å². The van der Waals surface area contributed by atoms with E-state index in [-0.39, 0.29) is 12.8 Å². The Morgan fingerprint density at radius 3 is 2.36 bits per heavy atom. The molecule has 6 nitrogen and oxygen atoms in total. The maximum atomic E-state index is 10.9. The number of aliphatic carboxylic acids is 1. The van der Waals surface area contributed by atoms with Crippen molar-refractivity contribution in [3.63, 3.8) is 0 Å². The van der Waals surface area contributed by atoms with E-state index in [4.69, 9.17) is 5.11 Å². The van der Waals surface area contributed by atoms with Crippen LogP contribution in [0.25, 0.3) is 0 Å². The Labute approximate surface area is 81.2 Å². The van der Waals surface area contributed by atoms with Crippen LogP contribution in [0.2, 0.25) is 0 Å². The van der Waals surface area contributed by atoms with E-state index < -0.39 is 23.9 Å². The first-order chi connectivity index (χ1) is 6.51. The third-order valence-corrected chi connectivity index (χ3v) is 1.55. The van der Waals surface area contributed by atoms with Gasteiger partial charge in [0.25, 0.3) is 0 Å². The largest absolute Gasteiger partial charge is 0.480 e. The molecular formula is C8H13NO5. The van der Waals surface area contributed by atoms with E-state index in [1.165, 1.54) is 0 Å². The second kappa shape index (κ2) is 5.95. The number of carboxylic acid groups (broad SMARTS) is 1. The van der Waals surface area contributed by atoms with Crippen LogP contribution in [0.1, 0.15) is 19.8 Å². The Hall–Kier alpha value is -1.59. The molecule has 0 radical (unpaired) electrons. The standard InChI is InChI=1S/C8H13NO5/c1-3-6(10)9-5(8(12)13)4-7(11)14-2/h5H,3-4H2,1-2H3,(H,9,10)(H,12,13)/t5-/m0/s1. The van der Waals surface area contributed by atoms with Gasteiger partial charge in [-0.1, -0.05) is 6.92 Å². The number of carbonyl (C=O) groups is 3. The van der Waals surface area contributed by atoms with Crippen molar-refractivity contribution in [2.75, 3.05) is 7.11 Å². The summed E-state index contributed by atoms with van der Waals surface area (Å²) < 4.78 is 4.29. The van der Waals surface area contributed by atoms with E-state index in [0.29, 0.717) is 0 Å². The average molecular weight is 203 g/mol. The molecule has 0 aromatic rings. The van der Waals surface area contributed by atoms with E-state index in [0.717, 1.165) is 7.11 Å². The van der Waals surface area contributed by atoms with Crippen molar-refractivity contribution in [3.05, 3.63) is 0 Å². The summed E-state index contributed by atoms with van der Waals surface area (Å²) in [5.41, 5.74) is 0. The van der Waals surface area contributed by atoms with E-state index >= 15 is 0 Å². The molecule has 0 unspecified atom stereocenters. The molecule has 1 amide bonds. The number of carboxylic acids is 1. The van der Waals surface area contributed by atoms with Crippen LogP contribution in [0.15, 0.2) is 0 Å². The van der Waals surface area contributed by atoms with E-state index in [1.54, 1.807) is 6.92 Å². The van der Waals surface area contributed by atoms with Crippen molar-refractivity contribution in [1.82, 2.24) is 5.32 Å². The first-order valence-corrected chi connectivity index (χ1v) is 4.10. The lowest BCUT2D eigenvalue weighted by molar-refractivity contribution is -0.148. The van der Waals surface area contributed by atoms with Gasteiger partial charge in [0, 0.05) is 6.42 Å². The molecule has 0 saturated carbocycles. The smallest absolute Gasteiger partial charge is 0.326 e. The van der Waals surface area contributed by atoms with Gasteiger partial charge < -0.3 is 15.2 Å². The second-order valence-corrected chi connectivity index (χ2v) is 2.59. The fourth-order valence-electron chi connectivity index (χ4n) is 0.746. The topological polar surface area (TPSA) is 92.7 Å². The monoisotopic (exact) mass is 203 g/mol. The number of rotatable bonds is 5. The summed E-state index contributed by atoms with van der Waals surface area (Å²) in [4.78, 5) is 32.2. The summed E-state index contributed by atoms with van der Waals surface area (Å²) in [6.07, 6.45) is -0.192. The number of hydrogen-bond donors (Lipinski definition) is 2. The van der Waals surface area contributed by atoms with Crippen LogP contribution in [0.3, 0.4) is 0 Å². The highest BCUT2D eigenvalue weighted by atomic mass is 16.5. The minimum atomic E-state index is -1.25. The third kappa shape index (κ3) is 4.44. The molecule has 14 heavy (non-hydrogen) atoms. The van der Waals surface area contributed by atoms with Gasteiger partial charge >= 0.3 is 11.9 Å². The summed E-state index contributed by atoms with van der Waals surface area (Å²) in [7, 11) is 1.16. The first-order valence-electron chi connectivity index (χ1n) is 4.10. The highest BCUT2D eigenvalue weighted by Gasteiger charge is 2.22. The Kier molecular flexibility index (Phi) is 5.28. The Morgan fingerprint density at radius 1 is 1.43 bits per heavy atom. The fourth-order valence-corrected chi connectivity index (χ4v) is 0.746. The van der Waals surface area contributed by atoms with Crippen molar-refractivity contribution in [2.45, 2.75) is 25.8 Å². The average Bonchev–Trinajstić information content (AvgIpc) is 2.16. The molecule has 0 aliphatic carbocycles. The molecule has 0 fully saturated rings. The fraction of sp³-hybridized carbons (Fsp3) is 0.625. The Morgan fingerprint density at radius 2 is 2.00 bits per heavy atom. The van der Waals surface area contributed by atoms with Gasteiger partial charge in [-0.2, -0.15) is 0 Å². The lowest BCUT2D eigenvalue weighted by atomic mass is 10.2. The molecule has 0 heterocycles. The summed E-state index contributed by atoms with van der Waals surface area (Å²) in [5.74, 6) is -2.34. The summed E-state index contributed by atoms with van der Waals surface area (Å²) in [6, 6.07) is -1.21. The molecule has 0 rings (SSSR count). The quantitative estimate of drug-likeness (QED) is 0.589. The van der Waals surface area contributed by atoms with Crippen molar-refractivity contribution < 1.29 is 24.2 Å². The number of methoxy groups -OCH3 is 1. The second-order valence-electron chi connectivity index (χ2n) is 2.59. The molecule has 0 aliphatic heterocycles. The van der Waals surface area contributed by atoms with Gasteiger partial charge in [0.15, 0.2) is 0 Å². The number of carbonyl (C=O) groups excluding carboxylic acids is 2. The molecule has 0 saturated heterocycles. The molecule has 0 aromatic heterocycles. The highest BCUT2D eigenvalue weighted by Crippen LogP contribution is 1.95. The maximum Gasteiger partial charge on any atom is 0.326 e. The minimum absolute atomic E-state index is 0.172. The minimum Gasteiger partial charge on any atom is -0.480 e. The van der Waals surface area contributed by atoms with Gasteiger partial charge in [0.2, 0.25) is 5.91 Å². The van der Waals surface area contributed by atoms with Crippen LogP contribution in [-0.2, 0) is 19.1 Å². The van der Waals surface area contributed by atoms with Gasteiger partial charge in [-0.25, -0.2) is 4.79 Å². The Bertz CT molecular complexity index is 220. The zero-order valence-corrected chi connectivity index (χ0v) is 8.07. The Balaban J connectivity index is 4.23. The van der Waals surface area contributed by atoms with Gasteiger partial charge in [-0.15, -0.1) is 0 Å². The van der Waals surface area contributed by atoms with Gasteiger partial charge in [0.1, 0.15) is 6.04 Å². The van der Waals surface area contributed by atoms with Crippen LogP contribution in [0.4, 0.5) is 0 Å². The van der Waals surface area contributed by atoms with E-state index in [2.05, 4.69) is 10.1 Å². The van der Waals surface area contributed by atoms with Crippen molar-refractivity contribution in [3.8, 4) is 0 Å². The van der Waals surface area contributed by atoms with Crippen LogP contribution in [-0.4, -0.2) is 36.1 Å². The summed E-state index contributed by atoms with van der Waals surface area (Å²) in [6.45, 7) is 1.59. The molecular weight excluding hydrogens is 190 g/mol. The third-order valence-electron chi connectivity index (χ3n) is 1.55. The zero-order chi connectivity index (χ0) is 11.1. The van der Waals surface area contributed by atoms with Gasteiger partial charge in [-0.3, -0.25) is 9.59 Å². The molecule has 0 bridgehead atoms.